The van der Waals surface area contributed by atoms with E-state index in [9.17, 15) is 0 Å². The highest BCUT2D eigenvalue weighted by Gasteiger charge is 2.17. The number of rotatable bonds is 4. The highest BCUT2D eigenvalue weighted by Crippen LogP contribution is 2.39. The standard InChI is InChI=1S/C45H26N4S2/c1-5-16-37-31(12-1)32-13-2-6-17-38(32)49(37)30-11-9-10-27(24-30)43-46-44(28-21-23-41-36(25-28)34-15-4-8-19-40(34)50-41)48-45(47-43)29-20-22-35-33-14-3-7-18-39(33)51-42(35)26-29/h1-26H/i1D,2D,5D,6D,12D,13D,16D,17D. The summed E-state index contributed by atoms with van der Waals surface area (Å²) in [4.78, 5) is 15.2. The number of para-hydroxylation sites is 2. The molecule has 0 aliphatic heterocycles. The molecule has 11 rings (SSSR count). The molecule has 0 radical (unpaired) electrons. The van der Waals surface area contributed by atoms with Crippen LogP contribution in [0.15, 0.2) is 158 Å². The van der Waals surface area contributed by atoms with E-state index in [0.717, 1.165) is 36.7 Å². The van der Waals surface area contributed by atoms with Crippen molar-refractivity contribution in [2.24, 2.45) is 0 Å². The van der Waals surface area contributed by atoms with Crippen LogP contribution in [0.25, 0.3) is 102 Å². The maximum absolute atomic E-state index is 8.99. The van der Waals surface area contributed by atoms with Crippen molar-refractivity contribution in [1.29, 1.82) is 0 Å². The first-order chi connectivity index (χ1) is 28.6. The minimum Gasteiger partial charge on any atom is -0.309 e. The van der Waals surface area contributed by atoms with Crippen molar-refractivity contribution in [3.8, 4) is 39.9 Å². The topological polar surface area (TPSA) is 43.6 Å². The van der Waals surface area contributed by atoms with Crippen LogP contribution in [0.2, 0.25) is 0 Å². The molecule has 4 heterocycles. The van der Waals surface area contributed by atoms with Crippen LogP contribution in [0, 0.1) is 0 Å². The molecule has 6 heteroatoms. The van der Waals surface area contributed by atoms with Gasteiger partial charge in [-0.05, 0) is 60.6 Å². The minimum atomic E-state index is -0.490. The second-order valence-corrected chi connectivity index (χ2v) is 14.4. The summed E-state index contributed by atoms with van der Waals surface area (Å²) in [6, 6.07) is 32.8. The summed E-state index contributed by atoms with van der Waals surface area (Å²) in [6.45, 7) is 0. The summed E-state index contributed by atoms with van der Waals surface area (Å²) in [7, 11) is 0. The third-order valence-corrected chi connectivity index (χ3v) is 11.6. The average Bonchev–Trinajstić information content (AvgIpc) is 3.95. The van der Waals surface area contributed by atoms with Crippen molar-refractivity contribution < 1.29 is 11.0 Å². The van der Waals surface area contributed by atoms with Crippen LogP contribution in [0.5, 0.6) is 0 Å². The molecule has 0 bridgehead atoms. The normalized spacial score (nSPS) is 14.1. The molecule has 7 aromatic carbocycles. The summed E-state index contributed by atoms with van der Waals surface area (Å²) >= 11 is 3.43. The smallest absolute Gasteiger partial charge is 0.164 e. The molecule has 0 spiro atoms. The summed E-state index contributed by atoms with van der Waals surface area (Å²) in [5, 5.41) is 4.61. The van der Waals surface area contributed by atoms with Gasteiger partial charge in [-0.25, -0.2) is 15.0 Å². The zero-order chi connectivity index (χ0) is 40.4. The number of aromatic nitrogens is 4. The molecular weight excluding hydrogens is 661 g/mol. The molecule has 0 fully saturated rings. The number of thiophene rings is 2. The van der Waals surface area contributed by atoms with E-state index in [-0.39, 0.29) is 46.0 Å². The van der Waals surface area contributed by atoms with E-state index >= 15 is 0 Å². The lowest BCUT2D eigenvalue weighted by Crippen LogP contribution is -2.01. The monoisotopic (exact) mass is 694 g/mol. The Hall–Kier alpha value is -6.21. The molecule has 0 amide bonds. The number of benzene rings is 7. The second kappa shape index (κ2) is 11.2. The summed E-state index contributed by atoms with van der Waals surface area (Å²) in [5.41, 5.74) is 2.66. The summed E-state index contributed by atoms with van der Waals surface area (Å²) < 4.78 is 75.7. The summed E-state index contributed by atoms with van der Waals surface area (Å²) in [5.74, 6) is 1.28. The second-order valence-electron chi connectivity index (χ2n) is 12.3. The van der Waals surface area contributed by atoms with Crippen molar-refractivity contribution in [1.82, 2.24) is 19.5 Å². The van der Waals surface area contributed by atoms with E-state index in [4.69, 9.17) is 25.9 Å². The Kier molecular flexibility index (Phi) is 4.76. The van der Waals surface area contributed by atoms with E-state index in [1.54, 1.807) is 40.9 Å². The lowest BCUT2D eigenvalue weighted by molar-refractivity contribution is 1.07. The Labute approximate surface area is 311 Å². The SMILES string of the molecule is [2H]c1c([2H])c([2H])c2c(c1[2H])c1c([2H])c([2H])c([2H])c([2H])c1n2-c1cccc(-c2nc(-c3ccc4c(c3)sc3ccccc34)nc(-c3ccc4sc5ccccc5c4c3)n2)c1. The number of fused-ring (bicyclic) bond motifs is 9. The van der Waals surface area contributed by atoms with Gasteiger partial charge in [-0.3, -0.25) is 0 Å². The van der Waals surface area contributed by atoms with Gasteiger partial charge in [-0.2, -0.15) is 0 Å². The van der Waals surface area contributed by atoms with Crippen molar-refractivity contribution >= 4 is 84.8 Å². The molecule has 4 aromatic heterocycles. The quantitative estimate of drug-likeness (QED) is 0.184. The lowest BCUT2D eigenvalue weighted by Gasteiger charge is -2.12. The highest BCUT2D eigenvalue weighted by atomic mass is 32.1. The number of hydrogen-bond donors (Lipinski definition) is 0. The molecule has 0 N–H and O–H groups in total. The van der Waals surface area contributed by atoms with Crippen LogP contribution < -0.4 is 0 Å². The van der Waals surface area contributed by atoms with Gasteiger partial charge in [0.05, 0.1) is 22.0 Å². The molecule has 0 aliphatic carbocycles. The van der Waals surface area contributed by atoms with Crippen LogP contribution in [0.4, 0.5) is 0 Å². The molecule has 238 valence electrons. The largest absolute Gasteiger partial charge is 0.309 e. The van der Waals surface area contributed by atoms with Crippen LogP contribution in [0.1, 0.15) is 11.0 Å². The number of hydrogen-bond acceptors (Lipinski definition) is 5. The van der Waals surface area contributed by atoms with Crippen molar-refractivity contribution in [2.75, 3.05) is 0 Å². The zero-order valence-corrected chi connectivity index (χ0v) is 28.1. The van der Waals surface area contributed by atoms with Crippen LogP contribution >= 0.6 is 22.7 Å². The van der Waals surface area contributed by atoms with Gasteiger partial charge in [0.15, 0.2) is 17.5 Å². The summed E-state index contributed by atoms with van der Waals surface area (Å²) in [6.07, 6.45) is 0. The molecule has 11 aromatic rings. The van der Waals surface area contributed by atoms with Gasteiger partial charge in [0.25, 0.3) is 0 Å². The fraction of sp³-hybridized carbons (Fsp3) is 0. The predicted octanol–water partition coefficient (Wildman–Crippen LogP) is 12.7. The zero-order valence-electron chi connectivity index (χ0n) is 34.5. The van der Waals surface area contributed by atoms with Crippen LogP contribution in [-0.2, 0) is 0 Å². The fourth-order valence-electron chi connectivity index (χ4n) is 6.96. The van der Waals surface area contributed by atoms with E-state index in [1.807, 2.05) is 42.5 Å². The highest BCUT2D eigenvalue weighted by molar-refractivity contribution is 7.26. The lowest BCUT2D eigenvalue weighted by atomic mass is 10.1. The van der Waals surface area contributed by atoms with Gasteiger partial charge in [0.1, 0.15) is 0 Å². The number of nitrogens with zero attached hydrogens (tertiary/aromatic N) is 4. The van der Waals surface area contributed by atoms with Gasteiger partial charge in [0, 0.05) is 73.5 Å². The molecular formula is C45H26N4S2. The van der Waals surface area contributed by atoms with Gasteiger partial charge in [-0.15, -0.1) is 22.7 Å². The maximum Gasteiger partial charge on any atom is 0.164 e. The van der Waals surface area contributed by atoms with Gasteiger partial charge in [-0.1, -0.05) is 96.9 Å². The molecule has 0 saturated heterocycles. The average molecular weight is 695 g/mol. The fourth-order valence-corrected chi connectivity index (χ4v) is 9.19. The van der Waals surface area contributed by atoms with Crippen molar-refractivity contribution in [3.63, 3.8) is 0 Å². The Bertz CT molecular complexity index is 3550. The van der Waals surface area contributed by atoms with Crippen molar-refractivity contribution in [2.45, 2.75) is 0 Å². The molecule has 4 nitrogen and oxygen atoms in total. The molecule has 51 heavy (non-hydrogen) atoms. The predicted molar refractivity (Wildman–Crippen MR) is 216 cm³/mol. The van der Waals surface area contributed by atoms with Gasteiger partial charge >= 0.3 is 0 Å². The Morgan fingerprint density at radius 3 is 1.65 bits per heavy atom. The third kappa shape index (κ3) is 4.54. The van der Waals surface area contributed by atoms with E-state index in [2.05, 4.69) is 48.5 Å². The Morgan fingerprint density at radius 1 is 0.412 bits per heavy atom. The Balaban J connectivity index is 1.16. The first kappa shape index (κ1) is 21.8. The van der Waals surface area contributed by atoms with Gasteiger partial charge in [0.2, 0.25) is 0 Å². The van der Waals surface area contributed by atoms with Crippen LogP contribution in [0.3, 0.4) is 0 Å². The van der Waals surface area contributed by atoms with Crippen LogP contribution in [-0.4, -0.2) is 19.5 Å². The minimum absolute atomic E-state index is 0.0149. The van der Waals surface area contributed by atoms with E-state index in [0.29, 0.717) is 28.7 Å². The molecule has 0 aliphatic rings. The molecule has 0 saturated carbocycles. The van der Waals surface area contributed by atoms with E-state index < -0.39 is 24.2 Å². The third-order valence-electron chi connectivity index (χ3n) is 9.30. The maximum atomic E-state index is 8.99. The van der Waals surface area contributed by atoms with Gasteiger partial charge < -0.3 is 4.57 Å². The van der Waals surface area contributed by atoms with E-state index in [1.165, 1.54) is 19.4 Å². The molecule has 0 unspecified atom stereocenters. The first-order valence-electron chi connectivity index (χ1n) is 20.3. The van der Waals surface area contributed by atoms with Crippen molar-refractivity contribution in [3.05, 3.63) is 158 Å². The first-order valence-corrected chi connectivity index (χ1v) is 17.9. The molecule has 0 atom stereocenters. The Morgan fingerprint density at radius 2 is 0.941 bits per heavy atom.